The van der Waals surface area contributed by atoms with E-state index in [1.165, 1.54) is 11.1 Å². The smallest absolute Gasteiger partial charge is 0.243 e. The van der Waals surface area contributed by atoms with Crippen molar-refractivity contribution in [1.29, 1.82) is 0 Å². The van der Waals surface area contributed by atoms with Gasteiger partial charge in [-0.05, 0) is 35.0 Å². The molecular weight excluding hydrogens is 298 g/mol. The van der Waals surface area contributed by atoms with Crippen molar-refractivity contribution in [2.24, 2.45) is 0 Å². The topological polar surface area (TPSA) is 95.1 Å². The molecule has 0 spiro atoms. The largest absolute Gasteiger partial charge is 0.497 e. The second-order valence-electron chi connectivity index (χ2n) is 4.75. The van der Waals surface area contributed by atoms with E-state index in [4.69, 9.17) is 9.15 Å². The fourth-order valence-corrected chi connectivity index (χ4v) is 1.98. The summed E-state index contributed by atoms with van der Waals surface area (Å²) >= 11 is 0. The summed E-state index contributed by atoms with van der Waals surface area (Å²) in [6, 6.07) is 10.9. The van der Waals surface area contributed by atoms with Crippen LogP contribution in [0, 0.1) is 0 Å². The molecule has 0 aliphatic carbocycles. The van der Waals surface area contributed by atoms with E-state index in [2.05, 4.69) is 20.7 Å². The Labute approximate surface area is 132 Å². The summed E-state index contributed by atoms with van der Waals surface area (Å²) in [5.41, 5.74) is 0.945. The van der Waals surface area contributed by atoms with Crippen LogP contribution in [0.5, 0.6) is 5.75 Å². The van der Waals surface area contributed by atoms with E-state index >= 15 is 0 Å². The normalized spacial score (nSPS) is 10.5. The van der Waals surface area contributed by atoms with E-state index < -0.39 is 0 Å². The van der Waals surface area contributed by atoms with Crippen LogP contribution in [0.15, 0.2) is 47.1 Å². The Bertz CT molecular complexity index is 782. The first-order valence-corrected chi connectivity index (χ1v) is 6.96. The lowest BCUT2D eigenvalue weighted by molar-refractivity contribution is -0.122. The number of furan rings is 1. The molecule has 3 rings (SSSR count). The number of amides is 1. The molecule has 0 atom stereocenters. The van der Waals surface area contributed by atoms with Gasteiger partial charge in [-0.3, -0.25) is 4.79 Å². The summed E-state index contributed by atoms with van der Waals surface area (Å²) in [7, 11) is 1.60. The number of methoxy groups -OCH3 is 1. The molecule has 0 aliphatic heterocycles. The van der Waals surface area contributed by atoms with Crippen molar-refractivity contribution in [3.63, 3.8) is 0 Å². The Kier molecular flexibility index (Phi) is 4.32. The van der Waals surface area contributed by atoms with Gasteiger partial charge in [0.2, 0.25) is 11.7 Å². The summed E-state index contributed by atoms with van der Waals surface area (Å²) in [5, 5.41) is 14.6. The van der Waals surface area contributed by atoms with Crippen LogP contribution < -0.4 is 10.1 Å². The second kappa shape index (κ2) is 6.73. The van der Waals surface area contributed by atoms with Crippen molar-refractivity contribution in [1.82, 2.24) is 25.5 Å². The van der Waals surface area contributed by atoms with Gasteiger partial charge >= 0.3 is 0 Å². The monoisotopic (exact) mass is 313 g/mol. The Hall–Kier alpha value is -3.16. The van der Waals surface area contributed by atoms with Gasteiger partial charge in [-0.1, -0.05) is 12.1 Å². The van der Waals surface area contributed by atoms with Gasteiger partial charge in [0.25, 0.3) is 0 Å². The number of nitrogens with one attached hydrogen (secondary N) is 1. The fourth-order valence-electron chi connectivity index (χ4n) is 1.98. The highest BCUT2D eigenvalue weighted by Gasteiger charge is 2.10. The molecule has 0 bridgehead atoms. The number of ether oxygens (including phenoxy) is 1. The van der Waals surface area contributed by atoms with E-state index in [9.17, 15) is 4.79 Å². The van der Waals surface area contributed by atoms with Crippen LogP contribution >= 0.6 is 0 Å². The minimum absolute atomic E-state index is 0.0162. The summed E-state index contributed by atoms with van der Waals surface area (Å²) in [5.74, 6) is 1.39. The molecule has 1 N–H and O–H groups in total. The Morgan fingerprint density at radius 1 is 1.35 bits per heavy atom. The predicted octanol–water partition coefficient (Wildman–Crippen LogP) is 1.26. The highest BCUT2D eigenvalue weighted by atomic mass is 16.5. The maximum atomic E-state index is 11.9. The molecule has 118 valence electrons. The molecule has 0 radical (unpaired) electrons. The van der Waals surface area contributed by atoms with Crippen LogP contribution in [0.1, 0.15) is 5.56 Å². The first-order valence-electron chi connectivity index (χ1n) is 6.96. The van der Waals surface area contributed by atoms with Gasteiger partial charge in [0.05, 0.1) is 13.4 Å². The molecule has 0 unspecified atom stereocenters. The zero-order valence-corrected chi connectivity index (χ0v) is 12.5. The van der Waals surface area contributed by atoms with Crippen LogP contribution in [-0.2, 0) is 17.9 Å². The first-order chi connectivity index (χ1) is 11.2. The highest BCUT2D eigenvalue weighted by molar-refractivity contribution is 5.75. The maximum Gasteiger partial charge on any atom is 0.243 e. The quantitative estimate of drug-likeness (QED) is 0.736. The third-order valence-corrected chi connectivity index (χ3v) is 3.10. The van der Waals surface area contributed by atoms with Crippen LogP contribution in [0.3, 0.4) is 0 Å². The third-order valence-electron chi connectivity index (χ3n) is 3.10. The van der Waals surface area contributed by atoms with Crippen molar-refractivity contribution >= 4 is 5.91 Å². The van der Waals surface area contributed by atoms with Gasteiger partial charge in [0, 0.05) is 6.54 Å². The van der Waals surface area contributed by atoms with Gasteiger partial charge in [-0.25, -0.2) is 0 Å². The zero-order chi connectivity index (χ0) is 16.1. The molecule has 8 nitrogen and oxygen atoms in total. The molecule has 0 saturated heterocycles. The fraction of sp³-hybridized carbons (Fsp3) is 0.200. The van der Waals surface area contributed by atoms with Gasteiger partial charge in [0.1, 0.15) is 12.3 Å². The van der Waals surface area contributed by atoms with Gasteiger partial charge in [-0.2, -0.15) is 4.80 Å². The minimum Gasteiger partial charge on any atom is -0.497 e. The summed E-state index contributed by atoms with van der Waals surface area (Å²) in [6.07, 6.45) is 1.52. The Morgan fingerprint density at radius 3 is 3.04 bits per heavy atom. The summed E-state index contributed by atoms with van der Waals surface area (Å²) in [6.45, 7) is 0.382. The number of benzene rings is 1. The van der Waals surface area contributed by atoms with E-state index in [1.54, 1.807) is 19.2 Å². The minimum atomic E-state index is -0.212. The van der Waals surface area contributed by atoms with Crippen molar-refractivity contribution in [2.75, 3.05) is 7.11 Å². The number of hydrogen-bond donors (Lipinski definition) is 1. The van der Waals surface area contributed by atoms with Crippen molar-refractivity contribution in [3.05, 3.63) is 48.2 Å². The molecule has 1 amide bonds. The van der Waals surface area contributed by atoms with Gasteiger partial charge in [-0.15, -0.1) is 10.2 Å². The molecule has 3 aromatic rings. The van der Waals surface area contributed by atoms with Gasteiger partial charge < -0.3 is 14.5 Å². The molecule has 1 aromatic carbocycles. The lowest BCUT2D eigenvalue weighted by Crippen LogP contribution is -2.28. The standard InChI is InChI=1S/C15H15N5O3/c1-22-12-5-2-4-11(8-12)9-16-14(21)10-20-18-15(17-19-20)13-6-3-7-23-13/h2-8H,9-10H2,1H3,(H,16,21). The molecular formula is C15H15N5O3. The molecule has 23 heavy (non-hydrogen) atoms. The summed E-state index contributed by atoms with van der Waals surface area (Å²) < 4.78 is 10.3. The van der Waals surface area contributed by atoms with Crippen molar-refractivity contribution in [3.8, 4) is 17.3 Å². The number of nitrogens with zero attached hydrogens (tertiary/aromatic N) is 4. The lowest BCUT2D eigenvalue weighted by Gasteiger charge is -2.06. The van der Waals surface area contributed by atoms with E-state index in [-0.39, 0.29) is 12.5 Å². The number of carbonyl (C=O) groups excluding carboxylic acids is 1. The molecule has 2 heterocycles. The molecule has 2 aromatic heterocycles. The van der Waals surface area contributed by atoms with Crippen LogP contribution in [0.4, 0.5) is 0 Å². The number of aromatic nitrogens is 4. The molecule has 0 aliphatic rings. The second-order valence-corrected chi connectivity index (χ2v) is 4.75. The zero-order valence-electron chi connectivity index (χ0n) is 12.5. The van der Waals surface area contributed by atoms with E-state index in [1.807, 2.05) is 24.3 Å². The molecule has 8 heteroatoms. The van der Waals surface area contributed by atoms with Gasteiger partial charge in [0.15, 0.2) is 5.76 Å². The number of hydrogen-bond acceptors (Lipinski definition) is 6. The maximum absolute atomic E-state index is 11.9. The van der Waals surface area contributed by atoms with Crippen molar-refractivity contribution < 1.29 is 13.9 Å². The van der Waals surface area contributed by atoms with Crippen molar-refractivity contribution in [2.45, 2.75) is 13.1 Å². The first kappa shape index (κ1) is 14.8. The van der Waals surface area contributed by atoms with E-state index in [0.717, 1.165) is 11.3 Å². The van der Waals surface area contributed by atoms with Crippen LogP contribution in [-0.4, -0.2) is 33.2 Å². The SMILES string of the molecule is COc1cccc(CNC(=O)Cn2nnc(-c3ccco3)n2)c1. The Balaban J connectivity index is 1.55. The average Bonchev–Trinajstić information content (AvgIpc) is 3.24. The lowest BCUT2D eigenvalue weighted by atomic mass is 10.2. The third kappa shape index (κ3) is 3.73. The highest BCUT2D eigenvalue weighted by Crippen LogP contribution is 2.13. The molecule has 0 fully saturated rings. The van der Waals surface area contributed by atoms with E-state index in [0.29, 0.717) is 18.1 Å². The number of rotatable bonds is 6. The van der Waals surface area contributed by atoms with Crippen LogP contribution in [0.2, 0.25) is 0 Å². The molecule has 0 saturated carbocycles. The van der Waals surface area contributed by atoms with Crippen LogP contribution in [0.25, 0.3) is 11.6 Å². The average molecular weight is 313 g/mol. The number of carbonyl (C=O) groups is 1. The number of tetrazole rings is 1. The predicted molar refractivity (Wildman–Crippen MR) is 80.4 cm³/mol. The Morgan fingerprint density at radius 2 is 2.26 bits per heavy atom. The summed E-state index contributed by atoms with van der Waals surface area (Å²) in [4.78, 5) is 13.2.